The van der Waals surface area contributed by atoms with Crippen LogP contribution >= 0.6 is 15.9 Å². The van der Waals surface area contributed by atoms with Gasteiger partial charge in [-0.05, 0) is 35.0 Å². The summed E-state index contributed by atoms with van der Waals surface area (Å²) < 4.78 is 14.1. The van der Waals surface area contributed by atoms with Crippen LogP contribution in [0.4, 0.5) is 10.1 Å². The van der Waals surface area contributed by atoms with Gasteiger partial charge in [-0.1, -0.05) is 0 Å². The van der Waals surface area contributed by atoms with Crippen molar-refractivity contribution in [3.05, 3.63) is 45.4 Å². The van der Waals surface area contributed by atoms with Gasteiger partial charge in [-0.25, -0.2) is 4.39 Å². The standard InChI is InChI=1S/C12H10BrFN4/c1-7-9(6-17-18-7)5-16-10-3-2-8(4-15)11(13)12(10)14/h2-3,6,16H,5H2,1H3,(H,17,18). The Bertz CT molecular complexity index is 615. The van der Waals surface area contributed by atoms with E-state index in [1.165, 1.54) is 0 Å². The lowest BCUT2D eigenvalue weighted by Gasteiger charge is -2.08. The predicted octanol–water partition coefficient (Wildman–Crippen LogP) is 3.10. The maximum absolute atomic E-state index is 13.9. The van der Waals surface area contributed by atoms with Crippen LogP contribution in [0.5, 0.6) is 0 Å². The van der Waals surface area contributed by atoms with Crippen LogP contribution in [0.3, 0.4) is 0 Å². The van der Waals surface area contributed by atoms with Gasteiger partial charge in [0.25, 0.3) is 0 Å². The van der Waals surface area contributed by atoms with Gasteiger partial charge >= 0.3 is 0 Å². The molecule has 1 aromatic carbocycles. The number of nitriles is 1. The third kappa shape index (κ3) is 2.36. The van der Waals surface area contributed by atoms with E-state index >= 15 is 0 Å². The summed E-state index contributed by atoms with van der Waals surface area (Å²) in [7, 11) is 0. The number of rotatable bonds is 3. The average Bonchev–Trinajstić information content (AvgIpc) is 2.77. The maximum Gasteiger partial charge on any atom is 0.161 e. The Labute approximate surface area is 112 Å². The summed E-state index contributed by atoms with van der Waals surface area (Å²) in [5, 5.41) is 18.4. The highest BCUT2D eigenvalue weighted by Crippen LogP contribution is 2.26. The van der Waals surface area contributed by atoms with Crippen LogP contribution in [-0.2, 0) is 6.54 Å². The van der Waals surface area contributed by atoms with Gasteiger partial charge in [0.15, 0.2) is 5.82 Å². The van der Waals surface area contributed by atoms with Crippen LogP contribution in [0.1, 0.15) is 16.8 Å². The Hall–Kier alpha value is -1.87. The van der Waals surface area contributed by atoms with Crippen molar-refractivity contribution in [3.63, 3.8) is 0 Å². The number of anilines is 1. The molecule has 1 heterocycles. The monoisotopic (exact) mass is 308 g/mol. The van der Waals surface area contributed by atoms with Crippen molar-refractivity contribution in [1.29, 1.82) is 5.26 Å². The fraction of sp³-hybridized carbons (Fsp3) is 0.167. The molecule has 0 aliphatic heterocycles. The van der Waals surface area contributed by atoms with E-state index in [9.17, 15) is 4.39 Å². The van der Waals surface area contributed by atoms with Crippen molar-refractivity contribution in [3.8, 4) is 6.07 Å². The van der Waals surface area contributed by atoms with Crippen LogP contribution < -0.4 is 5.32 Å². The molecule has 0 saturated carbocycles. The van der Waals surface area contributed by atoms with Gasteiger partial charge in [0.2, 0.25) is 0 Å². The van der Waals surface area contributed by atoms with Crippen molar-refractivity contribution in [2.45, 2.75) is 13.5 Å². The van der Waals surface area contributed by atoms with E-state index in [0.29, 0.717) is 12.2 Å². The average molecular weight is 309 g/mol. The summed E-state index contributed by atoms with van der Waals surface area (Å²) in [5.41, 5.74) is 2.53. The largest absolute Gasteiger partial charge is 0.378 e. The molecule has 0 amide bonds. The van der Waals surface area contributed by atoms with E-state index in [-0.39, 0.29) is 10.0 Å². The molecule has 18 heavy (non-hydrogen) atoms. The quantitative estimate of drug-likeness (QED) is 0.915. The smallest absolute Gasteiger partial charge is 0.161 e. The number of aromatic nitrogens is 2. The van der Waals surface area contributed by atoms with Crippen molar-refractivity contribution < 1.29 is 4.39 Å². The fourth-order valence-electron chi connectivity index (χ4n) is 1.52. The minimum atomic E-state index is -0.463. The Morgan fingerprint density at radius 1 is 1.56 bits per heavy atom. The zero-order chi connectivity index (χ0) is 13.1. The van der Waals surface area contributed by atoms with Crippen molar-refractivity contribution in [2.75, 3.05) is 5.32 Å². The lowest BCUT2D eigenvalue weighted by atomic mass is 10.2. The Kier molecular flexibility index (Phi) is 3.63. The second-order valence-corrected chi connectivity index (χ2v) is 4.57. The third-order valence-corrected chi connectivity index (χ3v) is 3.38. The third-order valence-electron chi connectivity index (χ3n) is 2.61. The zero-order valence-electron chi connectivity index (χ0n) is 9.59. The van der Waals surface area contributed by atoms with Gasteiger partial charge in [-0.2, -0.15) is 10.4 Å². The summed E-state index contributed by atoms with van der Waals surface area (Å²) >= 11 is 3.07. The highest BCUT2D eigenvalue weighted by atomic mass is 79.9. The zero-order valence-corrected chi connectivity index (χ0v) is 11.2. The predicted molar refractivity (Wildman–Crippen MR) is 69.5 cm³/mol. The van der Waals surface area contributed by atoms with E-state index in [1.54, 1.807) is 18.3 Å². The first-order valence-corrected chi connectivity index (χ1v) is 6.03. The number of benzene rings is 1. The van der Waals surface area contributed by atoms with E-state index in [0.717, 1.165) is 11.3 Å². The van der Waals surface area contributed by atoms with Crippen LogP contribution in [0.2, 0.25) is 0 Å². The molecular weight excluding hydrogens is 299 g/mol. The fourth-order valence-corrected chi connectivity index (χ4v) is 1.95. The Balaban J connectivity index is 2.19. The van der Waals surface area contributed by atoms with Crippen molar-refractivity contribution >= 4 is 21.6 Å². The number of hydrogen-bond donors (Lipinski definition) is 2. The summed E-state index contributed by atoms with van der Waals surface area (Å²) in [5.74, 6) is -0.463. The molecule has 0 unspecified atom stereocenters. The molecule has 2 rings (SSSR count). The molecule has 0 fully saturated rings. The van der Waals surface area contributed by atoms with E-state index in [2.05, 4.69) is 31.4 Å². The summed E-state index contributed by atoms with van der Waals surface area (Å²) in [6.45, 7) is 2.37. The SMILES string of the molecule is Cc1[nH]ncc1CNc1ccc(C#N)c(Br)c1F. The normalized spacial score (nSPS) is 10.1. The molecule has 0 radical (unpaired) electrons. The molecule has 4 nitrogen and oxygen atoms in total. The highest BCUT2D eigenvalue weighted by Gasteiger charge is 2.11. The molecule has 0 bridgehead atoms. The van der Waals surface area contributed by atoms with Gasteiger partial charge in [0.05, 0.1) is 21.9 Å². The van der Waals surface area contributed by atoms with Gasteiger partial charge < -0.3 is 5.32 Å². The molecule has 6 heteroatoms. The highest BCUT2D eigenvalue weighted by molar-refractivity contribution is 9.10. The first-order chi connectivity index (χ1) is 8.63. The summed E-state index contributed by atoms with van der Waals surface area (Å²) in [4.78, 5) is 0. The van der Waals surface area contributed by atoms with Crippen LogP contribution in [-0.4, -0.2) is 10.2 Å². The Morgan fingerprint density at radius 2 is 2.33 bits per heavy atom. The Morgan fingerprint density at radius 3 is 2.94 bits per heavy atom. The molecule has 0 spiro atoms. The first kappa shape index (κ1) is 12.6. The number of H-pyrrole nitrogens is 1. The van der Waals surface area contributed by atoms with Gasteiger partial charge in [-0.3, -0.25) is 5.10 Å². The van der Waals surface area contributed by atoms with Crippen molar-refractivity contribution in [1.82, 2.24) is 10.2 Å². The topological polar surface area (TPSA) is 64.5 Å². The molecule has 2 N–H and O–H groups in total. The van der Waals surface area contributed by atoms with Gasteiger partial charge in [-0.15, -0.1) is 0 Å². The number of hydrogen-bond acceptors (Lipinski definition) is 3. The van der Waals surface area contributed by atoms with Crippen LogP contribution in [0, 0.1) is 24.1 Å². The molecule has 0 atom stereocenters. The second-order valence-electron chi connectivity index (χ2n) is 3.77. The maximum atomic E-state index is 13.9. The van der Waals surface area contributed by atoms with Crippen molar-refractivity contribution in [2.24, 2.45) is 0 Å². The summed E-state index contributed by atoms with van der Waals surface area (Å²) in [6, 6.07) is 5.03. The van der Waals surface area contributed by atoms with E-state index < -0.39 is 5.82 Å². The summed E-state index contributed by atoms with van der Waals surface area (Å²) in [6.07, 6.45) is 1.69. The number of aromatic amines is 1. The van der Waals surface area contributed by atoms with Crippen LogP contribution in [0.25, 0.3) is 0 Å². The lowest BCUT2D eigenvalue weighted by Crippen LogP contribution is -2.02. The molecule has 2 aromatic rings. The van der Waals surface area contributed by atoms with Gasteiger partial charge in [0, 0.05) is 17.8 Å². The minimum Gasteiger partial charge on any atom is -0.378 e. The van der Waals surface area contributed by atoms with E-state index in [4.69, 9.17) is 5.26 Å². The number of halogens is 2. The number of nitrogens with zero attached hydrogens (tertiary/aromatic N) is 2. The molecule has 0 aliphatic carbocycles. The molecular formula is C12H10BrFN4. The molecule has 92 valence electrons. The molecule has 0 aliphatic rings. The lowest BCUT2D eigenvalue weighted by molar-refractivity contribution is 0.623. The first-order valence-electron chi connectivity index (χ1n) is 5.24. The van der Waals surface area contributed by atoms with Crippen LogP contribution in [0.15, 0.2) is 22.8 Å². The minimum absolute atomic E-state index is 0.180. The molecule has 1 aromatic heterocycles. The van der Waals surface area contributed by atoms with Gasteiger partial charge in [0.1, 0.15) is 6.07 Å². The second kappa shape index (κ2) is 5.19. The molecule has 0 saturated heterocycles. The van der Waals surface area contributed by atoms with E-state index in [1.807, 2.05) is 13.0 Å². The number of aryl methyl sites for hydroxylation is 1. The number of nitrogens with one attached hydrogen (secondary N) is 2.